The number of nitrogens with one attached hydrogen (secondary N) is 2. The molecule has 1 aromatic rings. The van der Waals surface area contributed by atoms with Gasteiger partial charge in [0.1, 0.15) is 5.76 Å². The fourth-order valence-electron chi connectivity index (χ4n) is 1.73. The molecule has 4 nitrogen and oxygen atoms in total. The zero-order valence-electron chi connectivity index (χ0n) is 7.02. The molecule has 1 aromatic heterocycles. The van der Waals surface area contributed by atoms with E-state index in [0.29, 0.717) is 0 Å². The van der Waals surface area contributed by atoms with E-state index in [9.17, 15) is 4.79 Å². The van der Waals surface area contributed by atoms with Crippen LogP contribution in [-0.2, 0) is 6.42 Å². The maximum Gasteiger partial charge on any atom is 0.416 e. The van der Waals surface area contributed by atoms with Crippen LogP contribution in [0.1, 0.15) is 30.3 Å². The van der Waals surface area contributed by atoms with Crippen LogP contribution in [0.25, 0.3) is 0 Å². The van der Waals surface area contributed by atoms with E-state index in [4.69, 9.17) is 4.42 Å². The second-order valence-electron chi connectivity index (χ2n) is 3.09. The van der Waals surface area contributed by atoms with E-state index in [0.717, 1.165) is 30.7 Å². The van der Waals surface area contributed by atoms with Gasteiger partial charge in [-0.3, -0.25) is 4.98 Å². The van der Waals surface area contributed by atoms with Crippen molar-refractivity contribution in [1.29, 1.82) is 0 Å². The average molecular weight is 168 g/mol. The quantitative estimate of drug-likeness (QED) is 0.644. The van der Waals surface area contributed by atoms with Gasteiger partial charge in [-0.15, -0.1) is 0 Å². The molecule has 1 heterocycles. The maximum absolute atomic E-state index is 10.9. The third kappa shape index (κ3) is 1.08. The lowest BCUT2D eigenvalue weighted by atomic mass is 9.97. The minimum atomic E-state index is -0.331. The lowest BCUT2D eigenvalue weighted by Gasteiger charge is -2.18. The van der Waals surface area contributed by atoms with Crippen LogP contribution in [0.5, 0.6) is 0 Å². The molecule has 1 unspecified atom stereocenters. The van der Waals surface area contributed by atoms with Crippen LogP contribution in [0.3, 0.4) is 0 Å². The number of aromatic amines is 1. The highest BCUT2D eigenvalue weighted by Crippen LogP contribution is 2.26. The molecule has 0 amide bonds. The molecule has 0 radical (unpaired) electrons. The van der Waals surface area contributed by atoms with E-state index in [1.807, 2.05) is 7.05 Å². The summed E-state index contributed by atoms with van der Waals surface area (Å²) < 4.78 is 5.04. The molecule has 0 saturated carbocycles. The van der Waals surface area contributed by atoms with Gasteiger partial charge < -0.3 is 9.73 Å². The van der Waals surface area contributed by atoms with E-state index in [1.165, 1.54) is 0 Å². The van der Waals surface area contributed by atoms with Crippen molar-refractivity contribution in [2.45, 2.75) is 25.3 Å². The van der Waals surface area contributed by atoms with Crippen molar-refractivity contribution in [2.75, 3.05) is 7.05 Å². The van der Waals surface area contributed by atoms with Crippen LogP contribution in [0, 0.1) is 0 Å². The standard InChI is InChI=1S/C8H12N2O2/c1-9-5-3-2-4-6-7(5)12-8(11)10-6/h5,9H,2-4H2,1H3,(H,10,11). The van der Waals surface area contributed by atoms with Gasteiger partial charge in [-0.2, -0.15) is 0 Å². The molecule has 0 fully saturated rings. The number of aryl methyl sites for hydroxylation is 1. The molecular weight excluding hydrogens is 156 g/mol. The molecule has 0 aromatic carbocycles. The van der Waals surface area contributed by atoms with Crippen LogP contribution in [0.2, 0.25) is 0 Å². The summed E-state index contributed by atoms with van der Waals surface area (Å²) in [5, 5.41) is 3.12. The first-order chi connectivity index (χ1) is 5.81. The lowest BCUT2D eigenvalue weighted by molar-refractivity contribution is 0.372. The first-order valence-corrected chi connectivity index (χ1v) is 4.20. The summed E-state index contributed by atoms with van der Waals surface area (Å²) in [4.78, 5) is 13.6. The van der Waals surface area contributed by atoms with Gasteiger partial charge in [0, 0.05) is 0 Å². The monoisotopic (exact) mass is 168 g/mol. The Balaban J connectivity index is 2.43. The van der Waals surface area contributed by atoms with E-state index in [-0.39, 0.29) is 11.8 Å². The zero-order valence-corrected chi connectivity index (χ0v) is 7.02. The summed E-state index contributed by atoms with van der Waals surface area (Å²) in [5.41, 5.74) is 0.964. The average Bonchev–Trinajstić information content (AvgIpc) is 2.44. The van der Waals surface area contributed by atoms with Gasteiger partial charge in [0.2, 0.25) is 0 Å². The molecule has 2 rings (SSSR count). The molecule has 0 saturated heterocycles. The minimum absolute atomic E-state index is 0.215. The van der Waals surface area contributed by atoms with E-state index >= 15 is 0 Å². The molecule has 12 heavy (non-hydrogen) atoms. The number of fused-ring (bicyclic) bond motifs is 1. The van der Waals surface area contributed by atoms with Crippen LogP contribution in [0.4, 0.5) is 0 Å². The molecule has 0 aliphatic heterocycles. The predicted molar refractivity (Wildman–Crippen MR) is 44.1 cm³/mol. The minimum Gasteiger partial charge on any atom is -0.411 e. The van der Waals surface area contributed by atoms with Crippen molar-refractivity contribution in [2.24, 2.45) is 0 Å². The Morgan fingerprint density at radius 2 is 2.50 bits per heavy atom. The van der Waals surface area contributed by atoms with E-state index in [2.05, 4.69) is 10.3 Å². The number of oxazole rings is 1. The molecular formula is C8H12N2O2. The maximum atomic E-state index is 10.9. The highest BCUT2D eigenvalue weighted by molar-refractivity contribution is 5.15. The van der Waals surface area contributed by atoms with Gasteiger partial charge in [-0.25, -0.2) is 4.79 Å². The molecule has 0 bridgehead atoms. The summed E-state index contributed by atoms with van der Waals surface area (Å²) in [6, 6.07) is 0.215. The predicted octanol–water partition coefficient (Wildman–Crippen LogP) is 0.565. The summed E-state index contributed by atoms with van der Waals surface area (Å²) >= 11 is 0. The summed E-state index contributed by atoms with van der Waals surface area (Å²) in [6.07, 6.45) is 3.08. The molecule has 4 heteroatoms. The fourth-order valence-corrected chi connectivity index (χ4v) is 1.73. The first kappa shape index (κ1) is 7.61. The molecule has 1 atom stereocenters. The fraction of sp³-hybridized carbons (Fsp3) is 0.625. The summed E-state index contributed by atoms with van der Waals surface area (Å²) in [7, 11) is 1.88. The highest BCUT2D eigenvalue weighted by Gasteiger charge is 2.23. The van der Waals surface area contributed by atoms with Crippen LogP contribution >= 0.6 is 0 Å². The lowest BCUT2D eigenvalue weighted by Crippen LogP contribution is -2.20. The molecule has 2 N–H and O–H groups in total. The van der Waals surface area contributed by atoms with Crippen molar-refractivity contribution in [3.63, 3.8) is 0 Å². The smallest absolute Gasteiger partial charge is 0.411 e. The number of hydrogen-bond donors (Lipinski definition) is 2. The number of hydrogen-bond acceptors (Lipinski definition) is 3. The number of aromatic nitrogens is 1. The third-order valence-corrected chi connectivity index (χ3v) is 2.34. The van der Waals surface area contributed by atoms with Gasteiger partial charge in [0.25, 0.3) is 0 Å². The summed E-state index contributed by atoms with van der Waals surface area (Å²) in [6.45, 7) is 0. The van der Waals surface area contributed by atoms with Crippen molar-refractivity contribution < 1.29 is 4.42 Å². The summed E-state index contributed by atoms with van der Waals surface area (Å²) in [5.74, 6) is 0.468. The molecule has 1 aliphatic carbocycles. The van der Waals surface area contributed by atoms with E-state index in [1.54, 1.807) is 0 Å². The third-order valence-electron chi connectivity index (χ3n) is 2.34. The Morgan fingerprint density at radius 1 is 1.67 bits per heavy atom. The Hall–Kier alpha value is -1.03. The van der Waals surface area contributed by atoms with Crippen molar-refractivity contribution in [3.05, 3.63) is 22.0 Å². The largest absolute Gasteiger partial charge is 0.416 e. The van der Waals surface area contributed by atoms with Gasteiger partial charge >= 0.3 is 5.76 Å². The molecule has 1 aliphatic rings. The van der Waals surface area contributed by atoms with Crippen LogP contribution < -0.4 is 11.1 Å². The van der Waals surface area contributed by atoms with Gasteiger partial charge in [-0.05, 0) is 26.3 Å². The van der Waals surface area contributed by atoms with Gasteiger partial charge in [0.05, 0.1) is 11.7 Å². The molecule has 0 spiro atoms. The number of H-pyrrole nitrogens is 1. The highest BCUT2D eigenvalue weighted by atomic mass is 16.4. The Kier molecular flexibility index (Phi) is 1.77. The second-order valence-corrected chi connectivity index (χ2v) is 3.09. The zero-order chi connectivity index (χ0) is 8.55. The second kappa shape index (κ2) is 2.79. The van der Waals surface area contributed by atoms with Crippen molar-refractivity contribution >= 4 is 0 Å². The van der Waals surface area contributed by atoms with Crippen LogP contribution in [0.15, 0.2) is 9.21 Å². The topological polar surface area (TPSA) is 58.0 Å². The first-order valence-electron chi connectivity index (χ1n) is 4.20. The van der Waals surface area contributed by atoms with Crippen molar-refractivity contribution in [1.82, 2.24) is 10.3 Å². The van der Waals surface area contributed by atoms with E-state index < -0.39 is 0 Å². The van der Waals surface area contributed by atoms with Crippen molar-refractivity contribution in [3.8, 4) is 0 Å². The van der Waals surface area contributed by atoms with Gasteiger partial charge in [-0.1, -0.05) is 0 Å². The Bertz CT molecular complexity index is 326. The Labute approximate surface area is 70.0 Å². The SMILES string of the molecule is CNC1CCCc2[nH]c(=O)oc21. The molecule has 66 valence electrons. The Morgan fingerprint density at radius 3 is 3.25 bits per heavy atom. The van der Waals surface area contributed by atoms with Crippen LogP contribution in [-0.4, -0.2) is 12.0 Å². The van der Waals surface area contributed by atoms with Gasteiger partial charge in [0.15, 0.2) is 0 Å². The number of rotatable bonds is 1. The normalized spacial score (nSPS) is 22.2.